The smallest absolute Gasteiger partial charge is 0.407 e. The Morgan fingerprint density at radius 3 is 2.14 bits per heavy atom. The van der Waals surface area contributed by atoms with Crippen molar-refractivity contribution in [3.8, 4) is 23.1 Å². The number of hydrogen-bond acceptors (Lipinski definition) is 6. The Labute approximate surface area is 325 Å². The van der Waals surface area contributed by atoms with E-state index in [1.807, 2.05) is 126 Å². The summed E-state index contributed by atoms with van der Waals surface area (Å²) in [5, 5.41) is 10.5. The van der Waals surface area contributed by atoms with E-state index in [9.17, 15) is 14.4 Å². The summed E-state index contributed by atoms with van der Waals surface area (Å²) in [7, 11) is 1.28. The number of imidazole rings is 1. The van der Waals surface area contributed by atoms with E-state index in [0.29, 0.717) is 12.1 Å². The summed E-state index contributed by atoms with van der Waals surface area (Å²) in [5.41, 5.74) is 7.69. The second-order valence-corrected chi connectivity index (χ2v) is 14.4. The van der Waals surface area contributed by atoms with Gasteiger partial charge in [0.1, 0.15) is 11.9 Å². The molecule has 6 aromatic rings. The molecule has 0 unspecified atom stereocenters. The highest BCUT2D eigenvalue weighted by atomic mass is 16.5. The van der Waals surface area contributed by atoms with Gasteiger partial charge in [0.25, 0.3) is 0 Å². The van der Waals surface area contributed by atoms with Gasteiger partial charge in [-0.2, -0.15) is 5.10 Å². The number of carbonyl (C=O) groups is 3. The molecule has 2 aliphatic rings. The minimum absolute atomic E-state index is 0.0818. The third-order valence-electron chi connectivity index (χ3n) is 10.9. The molecule has 4 atom stereocenters. The Hall–Kier alpha value is -6.67. The van der Waals surface area contributed by atoms with Crippen LogP contribution in [-0.4, -0.2) is 68.1 Å². The molecule has 2 aromatic heterocycles. The van der Waals surface area contributed by atoms with Crippen molar-refractivity contribution in [3.63, 3.8) is 0 Å². The number of fused-ring (bicyclic) bond motifs is 1. The van der Waals surface area contributed by atoms with E-state index in [-0.39, 0.29) is 29.8 Å². The largest absolute Gasteiger partial charge is 0.453 e. The molecule has 0 saturated carbocycles. The number of amides is 3. The highest BCUT2D eigenvalue weighted by molar-refractivity contribution is 5.87. The summed E-state index contributed by atoms with van der Waals surface area (Å²) >= 11 is 0. The third-order valence-corrected chi connectivity index (χ3v) is 10.9. The predicted octanol–water partition coefficient (Wildman–Crippen LogP) is 7.58. The van der Waals surface area contributed by atoms with Gasteiger partial charge in [0.05, 0.1) is 47.5 Å². The first kappa shape index (κ1) is 36.3. The molecule has 0 radical (unpaired) electrons. The summed E-state index contributed by atoms with van der Waals surface area (Å²) in [6.07, 6.45) is 2.77. The van der Waals surface area contributed by atoms with E-state index in [0.717, 1.165) is 82.7 Å². The Morgan fingerprint density at radius 2 is 1.43 bits per heavy atom. The first-order valence-electron chi connectivity index (χ1n) is 19.1. The molecule has 0 spiro atoms. The van der Waals surface area contributed by atoms with Crippen LogP contribution in [0.15, 0.2) is 109 Å². The molecule has 11 nitrogen and oxygen atoms in total. The summed E-state index contributed by atoms with van der Waals surface area (Å²) in [4.78, 5) is 51.8. The number of aromatic amines is 2. The molecule has 4 aromatic carbocycles. The second-order valence-electron chi connectivity index (χ2n) is 14.4. The summed E-state index contributed by atoms with van der Waals surface area (Å²) in [6, 6.07) is 33.8. The lowest BCUT2D eigenvalue weighted by molar-refractivity contribution is -0.135. The maximum atomic E-state index is 13.9. The molecule has 3 N–H and O–H groups in total. The standard InChI is InChI=1S/C45H43N7O4/c1-29(32-11-5-3-6-12-32)43(53)52-26-10-16-40(52)42-46-35-24-21-31(27-37(35)47-42)18-17-30-19-22-33(23-20-30)36-28-38(50-49-36)39-15-9-25-51(39)44(54)41(48-45(55)56-2)34-13-7-4-8-14-34/h3-8,11-14,19-24,27-29,39-41H,9-10,15-16,25-26H2,1-2H3,(H,46,47)(H,48,55)(H,49,50)/t29-,39+,40+,41-/m1/s1. The molecule has 2 fully saturated rings. The fourth-order valence-electron chi connectivity index (χ4n) is 7.86. The van der Waals surface area contributed by atoms with Gasteiger partial charge >= 0.3 is 6.09 Å². The van der Waals surface area contributed by atoms with Gasteiger partial charge in [-0.3, -0.25) is 14.7 Å². The molecule has 8 rings (SSSR count). The number of methoxy groups -OCH3 is 1. The van der Waals surface area contributed by atoms with Gasteiger partial charge in [0, 0.05) is 29.8 Å². The average molecular weight is 746 g/mol. The molecular formula is C45H43N7O4. The van der Waals surface area contributed by atoms with E-state index >= 15 is 0 Å². The van der Waals surface area contributed by atoms with Crippen LogP contribution in [0.5, 0.6) is 0 Å². The van der Waals surface area contributed by atoms with Gasteiger partial charge in [-0.15, -0.1) is 0 Å². The van der Waals surface area contributed by atoms with Gasteiger partial charge in [-0.05, 0) is 80.1 Å². The first-order chi connectivity index (χ1) is 27.4. The molecule has 282 valence electrons. The fourth-order valence-corrected chi connectivity index (χ4v) is 7.86. The van der Waals surface area contributed by atoms with Crippen LogP contribution in [0.3, 0.4) is 0 Å². The lowest BCUT2D eigenvalue weighted by atomic mass is 9.99. The normalized spacial score (nSPS) is 17.6. The van der Waals surface area contributed by atoms with Crippen LogP contribution in [0, 0.1) is 11.8 Å². The number of carbonyl (C=O) groups excluding carboxylic acids is 3. The van der Waals surface area contributed by atoms with Crippen LogP contribution in [0.1, 0.15) is 90.4 Å². The zero-order chi connectivity index (χ0) is 38.6. The highest BCUT2D eigenvalue weighted by Gasteiger charge is 2.37. The SMILES string of the molecule is COC(=O)N[C@@H](C(=O)N1CCC[C@H]1c1cc(-c2ccc(C#Cc3ccc4[nH]c([C@@H]5CCCN5C(=O)[C@H](C)c5ccccc5)nc4c3)cc2)n[nH]1)c1ccccc1. The van der Waals surface area contributed by atoms with Crippen LogP contribution in [0.4, 0.5) is 4.79 Å². The van der Waals surface area contributed by atoms with E-state index in [1.165, 1.54) is 7.11 Å². The summed E-state index contributed by atoms with van der Waals surface area (Å²) in [5.74, 6) is 7.08. The van der Waals surface area contributed by atoms with Crippen molar-refractivity contribution >= 4 is 28.9 Å². The van der Waals surface area contributed by atoms with Gasteiger partial charge < -0.3 is 24.8 Å². The van der Waals surface area contributed by atoms with Crippen molar-refractivity contribution < 1.29 is 19.1 Å². The zero-order valence-corrected chi connectivity index (χ0v) is 31.4. The molecule has 3 amide bonds. The minimum Gasteiger partial charge on any atom is -0.453 e. The van der Waals surface area contributed by atoms with E-state index in [1.54, 1.807) is 0 Å². The average Bonchev–Trinajstić information content (AvgIpc) is 4.08. The van der Waals surface area contributed by atoms with Crippen molar-refractivity contribution in [3.05, 3.63) is 143 Å². The molecule has 4 heterocycles. The van der Waals surface area contributed by atoms with Crippen molar-refractivity contribution in [2.45, 2.75) is 56.7 Å². The fraction of sp³-hybridized carbons (Fsp3) is 0.267. The number of nitrogens with one attached hydrogen (secondary N) is 3. The number of ether oxygens (including phenoxy) is 1. The van der Waals surface area contributed by atoms with E-state index < -0.39 is 12.1 Å². The number of H-pyrrole nitrogens is 2. The van der Waals surface area contributed by atoms with Crippen LogP contribution in [-0.2, 0) is 14.3 Å². The number of likely N-dealkylation sites (tertiary alicyclic amines) is 2. The first-order valence-corrected chi connectivity index (χ1v) is 19.1. The predicted molar refractivity (Wildman–Crippen MR) is 213 cm³/mol. The Balaban J connectivity index is 0.936. The van der Waals surface area contributed by atoms with Crippen LogP contribution in [0.2, 0.25) is 0 Å². The number of hydrogen-bond donors (Lipinski definition) is 3. The van der Waals surface area contributed by atoms with Crippen LogP contribution >= 0.6 is 0 Å². The highest BCUT2D eigenvalue weighted by Crippen LogP contribution is 2.36. The quantitative estimate of drug-likeness (QED) is 0.138. The lowest BCUT2D eigenvalue weighted by Gasteiger charge is -2.28. The van der Waals surface area contributed by atoms with Crippen LogP contribution < -0.4 is 5.32 Å². The minimum atomic E-state index is -0.867. The topological polar surface area (TPSA) is 136 Å². The molecular weight excluding hydrogens is 703 g/mol. The number of nitrogens with zero attached hydrogens (tertiary/aromatic N) is 4. The molecule has 0 aliphatic carbocycles. The van der Waals surface area contributed by atoms with Crippen molar-refractivity contribution in [1.82, 2.24) is 35.3 Å². The zero-order valence-electron chi connectivity index (χ0n) is 31.4. The maximum Gasteiger partial charge on any atom is 0.407 e. The number of benzene rings is 4. The van der Waals surface area contributed by atoms with Gasteiger partial charge in [0.15, 0.2) is 0 Å². The molecule has 11 heteroatoms. The summed E-state index contributed by atoms with van der Waals surface area (Å²) < 4.78 is 4.82. The van der Waals surface area contributed by atoms with Crippen molar-refractivity contribution in [2.75, 3.05) is 20.2 Å². The van der Waals surface area contributed by atoms with Gasteiger partial charge in [-0.25, -0.2) is 9.78 Å². The number of aromatic nitrogens is 4. The number of rotatable bonds is 8. The van der Waals surface area contributed by atoms with Crippen molar-refractivity contribution in [1.29, 1.82) is 0 Å². The van der Waals surface area contributed by atoms with Crippen molar-refractivity contribution in [2.24, 2.45) is 0 Å². The molecule has 0 bridgehead atoms. The van der Waals surface area contributed by atoms with Gasteiger partial charge in [0.2, 0.25) is 11.8 Å². The Kier molecular flexibility index (Phi) is 10.4. The third kappa shape index (κ3) is 7.51. The van der Waals surface area contributed by atoms with E-state index in [2.05, 4.69) is 32.3 Å². The Morgan fingerprint density at radius 1 is 0.786 bits per heavy atom. The van der Waals surface area contributed by atoms with E-state index in [4.69, 9.17) is 9.72 Å². The lowest BCUT2D eigenvalue weighted by Crippen LogP contribution is -2.42. The molecule has 2 saturated heterocycles. The maximum absolute atomic E-state index is 13.9. The Bertz CT molecular complexity index is 2410. The second kappa shape index (κ2) is 16.0. The summed E-state index contributed by atoms with van der Waals surface area (Å²) in [6.45, 7) is 3.27. The van der Waals surface area contributed by atoms with Crippen LogP contribution in [0.25, 0.3) is 22.3 Å². The molecule has 56 heavy (non-hydrogen) atoms. The molecule has 2 aliphatic heterocycles. The number of alkyl carbamates (subject to hydrolysis) is 1. The monoisotopic (exact) mass is 745 g/mol. The van der Waals surface area contributed by atoms with Gasteiger partial charge in [-0.1, -0.05) is 84.6 Å².